The van der Waals surface area contributed by atoms with Crippen molar-refractivity contribution in [2.24, 2.45) is 5.92 Å². The second kappa shape index (κ2) is 4.49. The van der Waals surface area contributed by atoms with Crippen LogP contribution in [0.5, 0.6) is 0 Å². The van der Waals surface area contributed by atoms with Gasteiger partial charge in [0.25, 0.3) is 0 Å². The molecule has 0 aromatic rings. The van der Waals surface area contributed by atoms with Crippen LogP contribution in [0.25, 0.3) is 0 Å². The first-order valence-electron chi connectivity index (χ1n) is 5.90. The van der Waals surface area contributed by atoms with E-state index in [1.165, 1.54) is 12.8 Å². The van der Waals surface area contributed by atoms with Crippen LogP contribution in [-0.2, 0) is 4.79 Å². The number of nitrogens with one attached hydrogen (secondary N) is 3. The van der Waals surface area contributed by atoms with Gasteiger partial charge in [-0.3, -0.25) is 4.79 Å². The minimum absolute atomic E-state index is 0.108. The van der Waals surface area contributed by atoms with Crippen LogP contribution in [0.3, 0.4) is 0 Å². The number of carbonyl (C=O) groups excluding carboxylic acids is 1. The second-order valence-electron chi connectivity index (χ2n) is 5.09. The maximum absolute atomic E-state index is 11.5. The van der Waals surface area contributed by atoms with Crippen LogP contribution in [0.15, 0.2) is 0 Å². The fourth-order valence-electron chi connectivity index (χ4n) is 1.90. The maximum Gasteiger partial charge on any atom is 0.233 e. The molecule has 2 rings (SSSR count). The van der Waals surface area contributed by atoms with Gasteiger partial charge in [0.2, 0.25) is 5.91 Å². The van der Waals surface area contributed by atoms with Gasteiger partial charge in [-0.2, -0.15) is 0 Å². The summed E-state index contributed by atoms with van der Waals surface area (Å²) in [5.74, 6) is 0.896. The number of hydrogen-bond donors (Lipinski definition) is 3. The fraction of sp³-hybridized carbons (Fsp3) is 0.909. The highest BCUT2D eigenvalue weighted by Gasteiger charge is 2.28. The summed E-state index contributed by atoms with van der Waals surface area (Å²) in [4.78, 5) is 11.5. The van der Waals surface area contributed by atoms with E-state index >= 15 is 0 Å². The van der Waals surface area contributed by atoms with Gasteiger partial charge in [0.1, 0.15) is 0 Å². The van der Waals surface area contributed by atoms with E-state index in [2.05, 4.69) is 22.9 Å². The van der Waals surface area contributed by atoms with E-state index in [0.29, 0.717) is 6.54 Å². The SMILES string of the molecule is CC1(NCC(=O)NCC2CC2)CCNC1. The summed E-state index contributed by atoms with van der Waals surface area (Å²) in [6.45, 7) is 5.50. The van der Waals surface area contributed by atoms with Crippen molar-refractivity contribution >= 4 is 5.91 Å². The van der Waals surface area contributed by atoms with Crippen molar-refractivity contribution in [2.45, 2.75) is 31.7 Å². The zero-order chi connectivity index (χ0) is 10.7. The Hall–Kier alpha value is -0.610. The molecule has 1 aliphatic carbocycles. The van der Waals surface area contributed by atoms with Gasteiger partial charge in [0, 0.05) is 18.6 Å². The van der Waals surface area contributed by atoms with E-state index in [9.17, 15) is 4.79 Å². The van der Waals surface area contributed by atoms with Gasteiger partial charge in [0.05, 0.1) is 6.54 Å². The van der Waals surface area contributed by atoms with E-state index in [-0.39, 0.29) is 11.4 Å². The zero-order valence-electron chi connectivity index (χ0n) is 9.44. The molecule has 1 saturated carbocycles. The van der Waals surface area contributed by atoms with Crippen LogP contribution < -0.4 is 16.0 Å². The van der Waals surface area contributed by atoms with Crippen LogP contribution in [0.4, 0.5) is 0 Å². The highest BCUT2D eigenvalue weighted by molar-refractivity contribution is 5.78. The predicted molar refractivity (Wildman–Crippen MR) is 59.6 cm³/mol. The van der Waals surface area contributed by atoms with Gasteiger partial charge in [0.15, 0.2) is 0 Å². The van der Waals surface area contributed by atoms with E-state index in [1.54, 1.807) is 0 Å². The first kappa shape index (κ1) is 10.9. The number of carbonyl (C=O) groups is 1. The molecule has 1 amide bonds. The Morgan fingerprint density at radius 2 is 2.33 bits per heavy atom. The first-order valence-corrected chi connectivity index (χ1v) is 5.90. The first-order chi connectivity index (χ1) is 7.18. The van der Waals surface area contributed by atoms with Crippen LogP contribution in [-0.4, -0.2) is 37.6 Å². The van der Waals surface area contributed by atoms with Gasteiger partial charge in [-0.1, -0.05) is 0 Å². The summed E-state index contributed by atoms with van der Waals surface area (Å²) in [5, 5.41) is 9.59. The summed E-state index contributed by atoms with van der Waals surface area (Å²) in [7, 11) is 0. The Labute approximate surface area is 91.2 Å². The lowest BCUT2D eigenvalue weighted by Crippen LogP contribution is -2.48. The molecule has 1 aliphatic heterocycles. The third kappa shape index (κ3) is 3.47. The molecule has 4 heteroatoms. The summed E-state index contributed by atoms with van der Waals surface area (Å²) < 4.78 is 0. The second-order valence-corrected chi connectivity index (χ2v) is 5.09. The van der Waals surface area contributed by atoms with Crippen molar-refractivity contribution in [1.29, 1.82) is 0 Å². The monoisotopic (exact) mass is 211 g/mol. The van der Waals surface area contributed by atoms with Crippen LogP contribution in [0.2, 0.25) is 0 Å². The highest BCUT2D eigenvalue weighted by atomic mass is 16.1. The van der Waals surface area contributed by atoms with Gasteiger partial charge in [-0.25, -0.2) is 0 Å². The van der Waals surface area contributed by atoms with Crippen molar-refractivity contribution in [2.75, 3.05) is 26.2 Å². The molecule has 15 heavy (non-hydrogen) atoms. The lowest BCUT2D eigenvalue weighted by Gasteiger charge is -2.24. The Morgan fingerprint density at radius 1 is 1.53 bits per heavy atom. The molecule has 0 radical (unpaired) electrons. The largest absolute Gasteiger partial charge is 0.355 e. The van der Waals surface area contributed by atoms with Crippen molar-refractivity contribution in [3.8, 4) is 0 Å². The van der Waals surface area contributed by atoms with E-state index < -0.39 is 0 Å². The summed E-state index contributed by atoms with van der Waals surface area (Å²) in [6.07, 6.45) is 3.67. The molecule has 1 unspecified atom stereocenters. The Kier molecular flexibility index (Phi) is 3.26. The normalized spacial score (nSPS) is 30.5. The molecule has 1 atom stereocenters. The molecule has 0 aromatic carbocycles. The van der Waals surface area contributed by atoms with Gasteiger partial charge >= 0.3 is 0 Å². The van der Waals surface area contributed by atoms with Crippen LogP contribution in [0.1, 0.15) is 26.2 Å². The Bertz CT molecular complexity index is 232. The quantitative estimate of drug-likeness (QED) is 0.593. The van der Waals surface area contributed by atoms with Crippen molar-refractivity contribution < 1.29 is 4.79 Å². The topological polar surface area (TPSA) is 53.2 Å². The molecular weight excluding hydrogens is 190 g/mol. The van der Waals surface area contributed by atoms with Gasteiger partial charge in [-0.15, -0.1) is 0 Å². The van der Waals surface area contributed by atoms with Gasteiger partial charge < -0.3 is 16.0 Å². The highest BCUT2D eigenvalue weighted by Crippen LogP contribution is 2.27. The van der Waals surface area contributed by atoms with Crippen molar-refractivity contribution in [1.82, 2.24) is 16.0 Å². The average Bonchev–Trinajstić information content (AvgIpc) is 2.95. The smallest absolute Gasteiger partial charge is 0.233 e. The molecule has 0 bridgehead atoms. The van der Waals surface area contributed by atoms with E-state index in [4.69, 9.17) is 0 Å². The molecule has 0 spiro atoms. The summed E-state index contributed by atoms with van der Waals surface area (Å²) in [5.41, 5.74) is 0.108. The molecule has 86 valence electrons. The van der Waals surface area contributed by atoms with E-state index in [0.717, 1.165) is 32.0 Å². The fourth-order valence-corrected chi connectivity index (χ4v) is 1.90. The molecular formula is C11H21N3O. The summed E-state index contributed by atoms with van der Waals surface area (Å²) in [6, 6.07) is 0. The maximum atomic E-state index is 11.5. The molecule has 1 saturated heterocycles. The molecule has 4 nitrogen and oxygen atoms in total. The minimum atomic E-state index is 0.108. The number of amides is 1. The third-order valence-electron chi connectivity index (χ3n) is 3.33. The Balaban J connectivity index is 1.60. The molecule has 1 heterocycles. The standard InChI is InChI=1S/C11H21N3O/c1-11(4-5-12-8-11)14-7-10(15)13-6-9-2-3-9/h9,12,14H,2-8H2,1H3,(H,13,15). The molecule has 0 aromatic heterocycles. The van der Waals surface area contributed by atoms with E-state index in [1.807, 2.05) is 0 Å². The number of hydrogen-bond acceptors (Lipinski definition) is 3. The van der Waals surface area contributed by atoms with Crippen LogP contribution >= 0.6 is 0 Å². The lowest BCUT2D eigenvalue weighted by molar-refractivity contribution is -0.120. The van der Waals surface area contributed by atoms with Crippen molar-refractivity contribution in [3.63, 3.8) is 0 Å². The summed E-state index contributed by atoms with van der Waals surface area (Å²) >= 11 is 0. The Morgan fingerprint density at radius 3 is 2.93 bits per heavy atom. The third-order valence-corrected chi connectivity index (χ3v) is 3.33. The average molecular weight is 211 g/mol. The molecule has 2 fully saturated rings. The predicted octanol–water partition coefficient (Wildman–Crippen LogP) is -0.146. The minimum Gasteiger partial charge on any atom is -0.355 e. The number of rotatable bonds is 5. The zero-order valence-corrected chi connectivity index (χ0v) is 9.44. The lowest BCUT2D eigenvalue weighted by atomic mass is 10.0. The van der Waals surface area contributed by atoms with Gasteiger partial charge in [-0.05, 0) is 38.6 Å². The van der Waals surface area contributed by atoms with Crippen molar-refractivity contribution in [3.05, 3.63) is 0 Å². The molecule has 2 aliphatic rings. The van der Waals surface area contributed by atoms with Crippen LogP contribution in [0, 0.1) is 5.92 Å². The molecule has 3 N–H and O–H groups in total.